The van der Waals surface area contributed by atoms with Gasteiger partial charge in [0.25, 0.3) is 0 Å². The summed E-state index contributed by atoms with van der Waals surface area (Å²) in [7, 11) is 3.67. The van der Waals surface area contributed by atoms with Crippen molar-refractivity contribution in [2.24, 2.45) is 0 Å². The van der Waals surface area contributed by atoms with Gasteiger partial charge in [-0.3, -0.25) is 0 Å². The molecule has 0 saturated carbocycles. The summed E-state index contributed by atoms with van der Waals surface area (Å²) in [4.78, 5) is 0. The van der Waals surface area contributed by atoms with Crippen molar-refractivity contribution in [2.45, 2.75) is 19.3 Å². The van der Waals surface area contributed by atoms with E-state index in [2.05, 4.69) is 5.32 Å². The van der Waals surface area contributed by atoms with Crippen molar-refractivity contribution in [2.75, 3.05) is 53.7 Å². The fourth-order valence-corrected chi connectivity index (χ4v) is 1.13. The normalized spacial score (nSPS) is 10.8. The number of hydrogen-bond acceptors (Lipinski definition) is 4. The zero-order valence-corrected chi connectivity index (χ0v) is 10.1. The van der Waals surface area contributed by atoms with Crippen molar-refractivity contribution in [1.29, 1.82) is 0 Å². The second kappa shape index (κ2) is 13.8. The highest BCUT2D eigenvalue weighted by atomic mass is 16.5. The molecule has 0 fully saturated rings. The van der Waals surface area contributed by atoms with Crippen LogP contribution < -0.4 is 5.32 Å². The minimum absolute atomic E-state index is 0.690. The molecule has 0 aromatic rings. The Morgan fingerprint density at radius 1 is 0.800 bits per heavy atom. The van der Waals surface area contributed by atoms with Crippen molar-refractivity contribution in [3.63, 3.8) is 0 Å². The van der Waals surface area contributed by atoms with Crippen LogP contribution in [0.2, 0.25) is 0 Å². The first-order valence-electron chi connectivity index (χ1n) is 5.71. The molecule has 0 aliphatic rings. The van der Waals surface area contributed by atoms with Crippen LogP contribution in [0.4, 0.5) is 0 Å². The average molecular weight is 219 g/mol. The molecular formula is C11H25NO3. The Morgan fingerprint density at radius 3 is 2.07 bits per heavy atom. The zero-order valence-electron chi connectivity index (χ0n) is 10.1. The van der Waals surface area contributed by atoms with Crippen LogP contribution in [0, 0.1) is 0 Å². The first-order valence-corrected chi connectivity index (χ1v) is 5.71. The summed E-state index contributed by atoms with van der Waals surface area (Å²) in [6.45, 7) is 4.82. The van der Waals surface area contributed by atoms with Crippen LogP contribution >= 0.6 is 0 Å². The summed E-state index contributed by atoms with van der Waals surface area (Å²) in [5, 5.41) is 3.11. The Kier molecular flexibility index (Phi) is 13.7. The van der Waals surface area contributed by atoms with Gasteiger partial charge >= 0.3 is 0 Å². The molecule has 0 radical (unpaired) electrons. The van der Waals surface area contributed by atoms with Gasteiger partial charge in [-0.05, 0) is 32.9 Å². The molecule has 4 nitrogen and oxygen atoms in total. The maximum Gasteiger partial charge on any atom is 0.0700 e. The van der Waals surface area contributed by atoms with Gasteiger partial charge in [-0.1, -0.05) is 0 Å². The molecule has 0 aliphatic heterocycles. The van der Waals surface area contributed by atoms with E-state index in [9.17, 15) is 0 Å². The first-order chi connectivity index (χ1) is 7.41. The molecule has 0 bridgehead atoms. The van der Waals surface area contributed by atoms with E-state index in [1.54, 1.807) is 7.11 Å². The smallest absolute Gasteiger partial charge is 0.0700 e. The van der Waals surface area contributed by atoms with Crippen LogP contribution in [0.25, 0.3) is 0 Å². The van der Waals surface area contributed by atoms with Crippen LogP contribution in [-0.4, -0.2) is 53.7 Å². The van der Waals surface area contributed by atoms with Crippen LogP contribution in [0.3, 0.4) is 0 Å². The van der Waals surface area contributed by atoms with E-state index in [1.165, 1.54) is 6.42 Å². The predicted molar refractivity (Wildman–Crippen MR) is 61.3 cm³/mol. The molecule has 92 valence electrons. The molecule has 0 saturated heterocycles. The van der Waals surface area contributed by atoms with Crippen LogP contribution in [0.1, 0.15) is 19.3 Å². The van der Waals surface area contributed by atoms with Gasteiger partial charge < -0.3 is 19.5 Å². The number of hydrogen-bond donors (Lipinski definition) is 1. The fourth-order valence-electron chi connectivity index (χ4n) is 1.13. The summed E-state index contributed by atoms with van der Waals surface area (Å²) in [6.07, 6.45) is 3.24. The summed E-state index contributed by atoms with van der Waals surface area (Å²) in [5.74, 6) is 0. The highest BCUT2D eigenvalue weighted by Gasteiger charge is 1.91. The van der Waals surface area contributed by atoms with E-state index >= 15 is 0 Å². The highest BCUT2D eigenvalue weighted by Crippen LogP contribution is 1.89. The molecule has 0 spiro atoms. The highest BCUT2D eigenvalue weighted by molar-refractivity contribution is 4.42. The summed E-state index contributed by atoms with van der Waals surface area (Å²) < 4.78 is 15.7. The van der Waals surface area contributed by atoms with Gasteiger partial charge in [0.05, 0.1) is 13.2 Å². The van der Waals surface area contributed by atoms with Gasteiger partial charge in [0, 0.05) is 26.9 Å². The molecule has 0 heterocycles. The maximum atomic E-state index is 5.40. The van der Waals surface area contributed by atoms with Gasteiger partial charge in [-0.25, -0.2) is 0 Å². The third-order valence-corrected chi connectivity index (χ3v) is 1.97. The van der Waals surface area contributed by atoms with E-state index < -0.39 is 0 Å². The Hall–Kier alpha value is -0.160. The number of rotatable bonds is 12. The van der Waals surface area contributed by atoms with Gasteiger partial charge in [0.1, 0.15) is 0 Å². The molecule has 0 unspecified atom stereocenters. The maximum absolute atomic E-state index is 5.40. The SMILES string of the molecule is CNCCCCOCCOCCCOC. The summed E-state index contributed by atoms with van der Waals surface area (Å²) in [5.41, 5.74) is 0. The topological polar surface area (TPSA) is 39.7 Å². The molecular weight excluding hydrogens is 194 g/mol. The van der Waals surface area contributed by atoms with Gasteiger partial charge in [-0.15, -0.1) is 0 Å². The number of ether oxygens (including phenoxy) is 3. The molecule has 0 aromatic carbocycles. The third-order valence-electron chi connectivity index (χ3n) is 1.97. The van der Waals surface area contributed by atoms with Crippen LogP contribution in [0.15, 0.2) is 0 Å². The monoisotopic (exact) mass is 219 g/mol. The molecule has 0 rings (SSSR count). The third kappa shape index (κ3) is 13.8. The van der Waals surface area contributed by atoms with Crippen molar-refractivity contribution in [3.8, 4) is 0 Å². The Bertz CT molecular complexity index is 100. The molecule has 0 aliphatic carbocycles. The standard InChI is InChI=1S/C11H25NO3/c1-12-6-3-4-8-14-10-11-15-9-5-7-13-2/h12H,3-11H2,1-2H3. The van der Waals surface area contributed by atoms with Crippen molar-refractivity contribution < 1.29 is 14.2 Å². The lowest BCUT2D eigenvalue weighted by Crippen LogP contribution is -2.10. The zero-order chi connectivity index (χ0) is 11.2. The van der Waals surface area contributed by atoms with Crippen LogP contribution in [-0.2, 0) is 14.2 Å². The largest absolute Gasteiger partial charge is 0.385 e. The van der Waals surface area contributed by atoms with E-state index in [1.807, 2.05) is 7.05 Å². The summed E-state index contributed by atoms with van der Waals surface area (Å²) in [6, 6.07) is 0. The van der Waals surface area contributed by atoms with Crippen molar-refractivity contribution in [1.82, 2.24) is 5.32 Å². The van der Waals surface area contributed by atoms with E-state index in [4.69, 9.17) is 14.2 Å². The lowest BCUT2D eigenvalue weighted by Gasteiger charge is -2.05. The van der Waals surface area contributed by atoms with Crippen LogP contribution in [0.5, 0.6) is 0 Å². The predicted octanol–water partition coefficient (Wildman–Crippen LogP) is 1.06. The molecule has 0 aromatic heterocycles. The number of nitrogens with one attached hydrogen (secondary N) is 1. The molecule has 0 atom stereocenters. The second-order valence-corrected chi connectivity index (χ2v) is 3.38. The van der Waals surface area contributed by atoms with Gasteiger partial charge in [0.2, 0.25) is 0 Å². The Morgan fingerprint density at radius 2 is 1.47 bits per heavy atom. The van der Waals surface area contributed by atoms with E-state index in [-0.39, 0.29) is 0 Å². The minimum atomic E-state index is 0.690. The first kappa shape index (κ1) is 14.8. The van der Waals surface area contributed by atoms with Crippen molar-refractivity contribution >= 4 is 0 Å². The Balaban J connectivity index is 2.81. The minimum Gasteiger partial charge on any atom is -0.385 e. The lowest BCUT2D eigenvalue weighted by atomic mass is 10.3. The van der Waals surface area contributed by atoms with Gasteiger partial charge in [0.15, 0.2) is 0 Å². The molecule has 1 N–H and O–H groups in total. The Labute approximate surface area is 93.3 Å². The number of unbranched alkanes of at least 4 members (excludes halogenated alkanes) is 1. The average Bonchev–Trinajstić information content (AvgIpc) is 2.26. The van der Waals surface area contributed by atoms with Gasteiger partial charge in [-0.2, -0.15) is 0 Å². The number of methoxy groups -OCH3 is 1. The van der Waals surface area contributed by atoms with Crippen molar-refractivity contribution in [3.05, 3.63) is 0 Å². The molecule has 0 amide bonds. The van der Waals surface area contributed by atoms with E-state index in [0.29, 0.717) is 13.2 Å². The molecule has 15 heavy (non-hydrogen) atoms. The van der Waals surface area contributed by atoms with E-state index in [0.717, 1.165) is 39.2 Å². The quantitative estimate of drug-likeness (QED) is 0.498. The second-order valence-electron chi connectivity index (χ2n) is 3.38. The summed E-state index contributed by atoms with van der Waals surface area (Å²) >= 11 is 0. The fraction of sp³-hybridized carbons (Fsp3) is 1.00. The lowest BCUT2D eigenvalue weighted by molar-refractivity contribution is 0.0388. The molecule has 4 heteroatoms.